The van der Waals surface area contributed by atoms with E-state index < -0.39 is 0 Å². The van der Waals surface area contributed by atoms with Crippen LogP contribution in [0.3, 0.4) is 0 Å². The lowest BCUT2D eigenvalue weighted by Gasteiger charge is -2.14. The predicted molar refractivity (Wildman–Crippen MR) is 105 cm³/mol. The molecule has 0 amide bonds. The Balaban J connectivity index is 1.91. The second-order valence-corrected chi connectivity index (χ2v) is 6.96. The van der Waals surface area contributed by atoms with Crippen molar-refractivity contribution >= 4 is 39.2 Å². The zero-order chi connectivity index (χ0) is 18.4. The summed E-state index contributed by atoms with van der Waals surface area (Å²) in [5.41, 5.74) is 3.23. The fourth-order valence-electron chi connectivity index (χ4n) is 2.38. The molecule has 0 aliphatic rings. The minimum absolute atomic E-state index is 0.361. The molecule has 134 valence electrons. The van der Waals surface area contributed by atoms with Gasteiger partial charge in [-0.15, -0.1) is 0 Å². The second kappa shape index (κ2) is 9.11. The van der Waals surface area contributed by atoms with E-state index in [0.29, 0.717) is 18.7 Å². The Hall–Kier alpha value is -1.72. The number of ether oxygens (including phenoxy) is 2. The van der Waals surface area contributed by atoms with Gasteiger partial charge < -0.3 is 14.8 Å². The molecule has 2 rings (SSSR count). The minimum atomic E-state index is -0.361. The van der Waals surface area contributed by atoms with Gasteiger partial charge in [0.1, 0.15) is 5.75 Å². The zero-order valence-corrected chi connectivity index (χ0v) is 16.8. The highest BCUT2D eigenvalue weighted by atomic mass is 79.9. The molecule has 0 radical (unpaired) electrons. The molecule has 0 aliphatic carbocycles. The molecule has 0 bridgehead atoms. The maximum Gasteiger partial charge on any atom is 0.340 e. The van der Waals surface area contributed by atoms with Crippen LogP contribution in [-0.4, -0.2) is 26.2 Å². The van der Waals surface area contributed by atoms with Gasteiger partial charge in [0.15, 0.2) is 0 Å². The first-order valence-corrected chi connectivity index (χ1v) is 9.10. The average molecular weight is 427 g/mol. The van der Waals surface area contributed by atoms with Crippen LogP contribution in [0.4, 0.5) is 5.69 Å². The molecule has 0 aromatic heterocycles. The van der Waals surface area contributed by atoms with Crippen LogP contribution in [0, 0.1) is 13.8 Å². The lowest BCUT2D eigenvalue weighted by Crippen LogP contribution is -2.12. The Morgan fingerprint density at radius 3 is 2.68 bits per heavy atom. The highest BCUT2D eigenvalue weighted by Crippen LogP contribution is 2.29. The molecular formula is C19H21BrClNO3. The van der Waals surface area contributed by atoms with Gasteiger partial charge in [-0.25, -0.2) is 4.79 Å². The number of carbonyl (C=O) groups excluding carboxylic acids is 1. The fourth-order valence-corrected chi connectivity index (χ4v) is 3.21. The lowest BCUT2D eigenvalue weighted by molar-refractivity contribution is 0.0601. The Kier molecular flexibility index (Phi) is 7.14. The number of hydrogen-bond donors (Lipinski definition) is 1. The first-order valence-electron chi connectivity index (χ1n) is 7.93. The summed E-state index contributed by atoms with van der Waals surface area (Å²) < 4.78 is 11.4. The van der Waals surface area contributed by atoms with Crippen molar-refractivity contribution in [3.05, 3.63) is 56.5 Å². The third kappa shape index (κ3) is 5.38. The first-order chi connectivity index (χ1) is 11.9. The molecule has 0 spiro atoms. The summed E-state index contributed by atoms with van der Waals surface area (Å²) in [5, 5.41) is 4.01. The van der Waals surface area contributed by atoms with E-state index in [1.165, 1.54) is 7.11 Å². The van der Waals surface area contributed by atoms with Gasteiger partial charge in [0.25, 0.3) is 0 Å². The van der Waals surface area contributed by atoms with Gasteiger partial charge >= 0.3 is 5.97 Å². The molecule has 0 saturated heterocycles. The van der Waals surface area contributed by atoms with Crippen LogP contribution in [0.15, 0.2) is 34.8 Å². The van der Waals surface area contributed by atoms with Gasteiger partial charge in [0, 0.05) is 16.0 Å². The van der Waals surface area contributed by atoms with E-state index in [1.54, 1.807) is 0 Å². The molecule has 25 heavy (non-hydrogen) atoms. The number of hydrogen-bond acceptors (Lipinski definition) is 4. The summed E-state index contributed by atoms with van der Waals surface area (Å²) in [6.45, 7) is 5.10. The minimum Gasteiger partial charge on any atom is -0.494 e. The first kappa shape index (κ1) is 19.6. The maximum atomic E-state index is 12.0. The molecule has 6 heteroatoms. The standard InChI is InChI=1S/C19H21BrClNO3/c1-12-9-15(19(23)24-3)18(16(20)10-12)22-7-4-8-25-14-5-6-17(21)13(2)11-14/h5-6,9-11,22H,4,7-8H2,1-3H3. The zero-order valence-electron chi connectivity index (χ0n) is 14.5. The molecule has 2 aromatic carbocycles. The van der Waals surface area contributed by atoms with Crippen molar-refractivity contribution in [1.29, 1.82) is 0 Å². The number of halogens is 2. The van der Waals surface area contributed by atoms with Crippen molar-refractivity contribution in [2.45, 2.75) is 20.3 Å². The molecule has 0 unspecified atom stereocenters. The smallest absolute Gasteiger partial charge is 0.340 e. The van der Waals surface area contributed by atoms with Gasteiger partial charge in [-0.05, 0) is 77.7 Å². The van der Waals surface area contributed by atoms with E-state index in [0.717, 1.165) is 38.5 Å². The molecule has 4 nitrogen and oxygen atoms in total. The Labute approximate surface area is 161 Å². The van der Waals surface area contributed by atoms with Gasteiger partial charge in [-0.3, -0.25) is 0 Å². The van der Waals surface area contributed by atoms with Crippen LogP contribution in [0.1, 0.15) is 27.9 Å². The van der Waals surface area contributed by atoms with Gasteiger partial charge in [-0.2, -0.15) is 0 Å². The second-order valence-electron chi connectivity index (χ2n) is 5.70. The van der Waals surface area contributed by atoms with Crippen molar-refractivity contribution < 1.29 is 14.3 Å². The molecule has 2 aromatic rings. The molecule has 0 aliphatic heterocycles. The predicted octanol–water partition coefficient (Wildman–Crippen LogP) is 5.39. The summed E-state index contributed by atoms with van der Waals surface area (Å²) in [4.78, 5) is 12.0. The van der Waals surface area contributed by atoms with E-state index in [1.807, 2.05) is 44.2 Å². The van der Waals surface area contributed by atoms with Gasteiger partial charge in [0.05, 0.1) is 25.0 Å². The number of aryl methyl sites for hydroxylation is 2. The van der Waals surface area contributed by atoms with Crippen LogP contribution in [0.2, 0.25) is 5.02 Å². The highest BCUT2D eigenvalue weighted by Gasteiger charge is 2.15. The van der Waals surface area contributed by atoms with Crippen LogP contribution >= 0.6 is 27.5 Å². The summed E-state index contributed by atoms with van der Waals surface area (Å²) in [6.07, 6.45) is 0.780. The number of benzene rings is 2. The Bertz CT molecular complexity index is 765. The van der Waals surface area contributed by atoms with Crippen molar-refractivity contribution in [2.75, 3.05) is 25.6 Å². The molecule has 0 atom stereocenters. The monoisotopic (exact) mass is 425 g/mol. The van der Waals surface area contributed by atoms with Crippen LogP contribution < -0.4 is 10.1 Å². The van der Waals surface area contributed by atoms with Crippen molar-refractivity contribution in [2.24, 2.45) is 0 Å². The normalized spacial score (nSPS) is 10.4. The molecule has 0 heterocycles. The SMILES string of the molecule is COC(=O)c1cc(C)cc(Br)c1NCCCOc1ccc(Cl)c(C)c1. The quantitative estimate of drug-likeness (QED) is 0.476. The largest absolute Gasteiger partial charge is 0.494 e. The number of rotatable bonds is 7. The van der Waals surface area contributed by atoms with E-state index in [2.05, 4.69) is 21.2 Å². The van der Waals surface area contributed by atoms with Crippen LogP contribution in [-0.2, 0) is 4.74 Å². The van der Waals surface area contributed by atoms with Crippen LogP contribution in [0.25, 0.3) is 0 Å². The fraction of sp³-hybridized carbons (Fsp3) is 0.316. The number of carbonyl (C=O) groups is 1. The third-order valence-corrected chi connectivity index (χ3v) is 4.71. The van der Waals surface area contributed by atoms with Crippen molar-refractivity contribution in [1.82, 2.24) is 0 Å². The third-order valence-electron chi connectivity index (χ3n) is 3.66. The summed E-state index contributed by atoms with van der Waals surface area (Å²) in [5.74, 6) is 0.438. The lowest BCUT2D eigenvalue weighted by atomic mass is 10.1. The number of nitrogens with one attached hydrogen (secondary N) is 1. The van der Waals surface area contributed by atoms with Crippen molar-refractivity contribution in [3.8, 4) is 5.75 Å². The van der Waals surface area contributed by atoms with Crippen molar-refractivity contribution in [3.63, 3.8) is 0 Å². The van der Waals surface area contributed by atoms with Crippen LogP contribution in [0.5, 0.6) is 5.75 Å². The Morgan fingerprint density at radius 1 is 1.24 bits per heavy atom. The number of methoxy groups -OCH3 is 1. The summed E-state index contributed by atoms with van der Waals surface area (Å²) in [7, 11) is 1.38. The van der Waals surface area contributed by atoms with Gasteiger partial charge in [-0.1, -0.05) is 11.6 Å². The van der Waals surface area contributed by atoms with E-state index >= 15 is 0 Å². The van der Waals surface area contributed by atoms with E-state index in [4.69, 9.17) is 21.1 Å². The van der Waals surface area contributed by atoms with E-state index in [-0.39, 0.29) is 5.97 Å². The summed E-state index contributed by atoms with van der Waals surface area (Å²) in [6, 6.07) is 9.38. The number of esters is 1. The molecular weight excluding hydrogens is 406 g/mol. The van der Waals surface area contributed by atoms with E-state index in [9.17, 15) is 4.79 Å². The molecule has 0 saturated carbocycles. The molecule has 1 N–H and O–H groups in total. The van der Waals surface area contributed by atoms with Gasteiger partial charge in [0.2, 0.25) is 0 Å². The molecule has 0 fully saturated rings. The maximum absolute atomic E-state index is 12.0. The summed E-state index contributed by atoms with van der Waals surface area (Å²) >= 11 is 9.50. The highest BCUT2D eigenvalue weighted by molar-refractivity contribution is 9.10. The average Bonchev–Trinajstić information content (AvgIpc) is 2.58. The Morgan fingerprint density at radius 2 is 2.00 bits per heavy atom. The number of anilines is 1. The topological polar surface area (TPSA) is 47.6 Å².